The van der Waals surface area contributed by atoms with E-state index in [1.165, 1.54) is 11.4 Å². The van der Waals surface area contributed by atoms with Crippen LogP contribution in [0.2, 0.25) is 10.0 Å². The van der Waals surface area contributed by atoms with Gasteiger partial charge in [0.15, 0.2) is 0 Å². The Bertz CT molecular complexity index is 924. The first-order valence-electron chi connectivity index (χ1n) is 7.64. The molecule has 1 unspecified atom stereocenters. The number of hydrogen-bond acceptors (Lipinski definition) is 3. The summed E-state index contributed by atoms with van der Waals surface area (Å²) in [5, 5.41) is 0.782. The van der Waals surface area contributed by atoms with Crippen LogP contribution in [0.1, 0.15) is 23.6 Å². The maximum absolute atomic E-state index is 13.1. The molecule has 0 N–H and O–H groups in total. The van der Waals surface area contributed by atoms with Crippen LogP contribution < -0.4 is 4.74 Å². The van der Waals surface area contributed by atoms with Crippen LogP contribution >= 0.6 is 23.2 Å². The molecule has 0 spiro atoms. The zero-order valence-corrected chi connectivity index (χ0v) is 16.1. The highest BCUT2D eigenvalue weighted by atomic mass is 35.5. The fourth-order valence-corrected chi connectivity index (χ4v) is 4.98. The van der Waals surface area contributed by atoms with Gasteiger partial charge in [-0.05, 0) is 37.6 Å². The Morgan fingerprint density at radius 2 is 1.84 bits per heavy atom. The number of rotatable bonds is 4. The molecule has 2 aromatic rings. The monoisotopic (exact) mass is 397 g/mol. The first kappa shape index (κ1) is 18.1. The van der Waals surface area contributed by atoms with Gasteiger partial charge in [0.25, 0.3) is 10.0 Å². The molecule has 132 valence electrons. The molecule has 0 fully saturated rings. The van der Waals surface area contributed by atoms with Crippen molar-refractivity contribution in [3.63, 3.8) is 0 Å². The highest BCUT2D eigenvalue weighted by Crippen LogP contribution is 2.43. The van der Waals surface area contributed by atoms with Crippen molar-refractivity contribution < 1.29 is 13.2 Å². The molecule has 0 saturated heterocycles. The number of benzene rings is 2. The summed E-state index contributed by atoms with van der Waals surface area (Å²) in [6.45, 7) is 1.91. The van der Waals surface area contributed by atoms with E-state index in [-0.39, 0.29) is 4.90 Å². The second kappa shape index (κ2) is 6.90. The SMILES string of the molecule is COc1c(Cl)cc(Cl)cc1C1CC=CN1S(=O)(=O)c1ccc(C)cc1. The summed E-state index contributed by atoms with van der Waals surface area (Å²) in [7, 11) is -2.20. The lowest BCUT2D eigenvalue weighted by atomic mass is 10.0. The summed E-state index contributed by atoms with van der Waals surface area (Å²) in [5.41, 5.74) is 1.64. The lowest BCUT2D eigenvalue weighted by Crippen LogP contribution is -2.28. The molecular formula is C18H17Cl2NO3S. The van der Waals surface area contributed by atoms with E-state index in [0.717, 1.165) is 5.56 Å². The van der Waals surface area contributed by atoms with Crippen LogP contribution in [0.3, 0.4) is 0 Å². The minimum atomic E-state index is -3.70. The van der Waals surface area contributed by atoms with Crippen molar-refractivity contribution >= 4 is 33.2 Å². The minimum Gasteiger partial charge on any atom is -0.495 e. The maximum Gasteiger partial charge on any atom is 0.264 e. The fourth-order valence-electron chi connectivity index (χ4n) is 2.89. The molecule has 0 radical (unpaired) electrons. The molecule has 2 aromatic carbocycles. The summed E-state index contributed by atoms with van der Waals surface area (Å²) in [5.74, 6) is 0.434. The third kappa shape index (κ3) is 3.36. The Labute approximate surface area is 157 Å². The Balaban J connectivity index is 2.07. The summed E-state index contributed by atoms with van der Waals surface area (Å²) >= 11 is 12.3. The quantitative estimate of drug-likeness (QED) is 0.732. The summed E-state index contributed by atoms with van der Waals surface area (Å²) in [6.07, 6.45) is 3.90. The van der Waals surface area contributed by atoms with E-state index in [0.29, 0.717) is 27.8 Å². The van der Waals surface area contributed by atoms with Gasteiger partial charge in [0.2, 0.25) is 0 Å². The Hall–Kier alpha value is -1.69. The predicted molar refractivity (Wildman–Crippen MR) is 99.7 cm³/mol. The van der Waals surface area contributed by atoms with Gasteiger partial charge in [-0.3, -0.25) is 4.31 Å². The molecule has 1 aliphatic heterocycles. The molecule has 1 aliphatic rings. The average molecular weight is 398 g/mol. The number of nitrogens with zero attached hydrogens (tertiary/aromatic N) is 1. The van der Waals surface area contributed by atoms with Gasteiger partial charge in [0.1, 0.15) is 5.75 Å². The summed E-state index contributed by atoms with van der Waals surface area (Å²) in [6, 6.07) is 9.58. The summed E-state index contributed by atoms with van der Waals surface area (Å²) in [4.78, 5) is 0.238. The van der Waals surface area contributed by atoms with Gasteiger partial charge < -0.3 is 4.74 Å². The number of aryl methyl sites for hydroxylation is 1. The number of halogens is 2. The first-order chi connectivity index (χ1) is 11.8. The van der Waals surface area contributed by atoms with Gasteiger partial charge in [-0.1, -0.05) is 47.0 Å². The van der Waals surface area contributed by atoms with Crippen LogP contribution in [-0.2, 0) is 10.0 Å². The Kier molecular flexibility index (Phi) is 5.00. The van der Waals surface area contributed by atoms with Gasteiger partial charge in [-0.15, -0.1) is 0 Å². The van der Waals surface area contributed by atoms with Gasteiger partial charge in [0.05, 0.1) is 23.1 Å². The van der Waals surface area contributed by atoms with E-state index < -0.39 is 16.1 Å². The maximum atomic E-state index is 13.1. The molecule has 0 aromatic heterocycles. The summed E-state index contributed by atoms with van der Waals surface area (Å²) < 4.78 is 32.9. The topological polar surface area (TPSA) is 46.6 Å². The van der Waals surface area contributed by atoms with E-state index >= 15 is 0 Å². The third-order valence-electron chi connectivity index (χ3n) is 4.12. The van der Waals surface area contributed by atoms with Crippen molar-refractivity contribution in [3.8, 4) is 5.75 Å². The van der Waals surface area contributed by atoms with Crippen LogP contribution in [0.4, 0.5) is 0 Å². The Morgan fingerprint density at radius 1 is 1.16 bits per heavy atom. The van der Waals surface area contributed by atoms with Gasteiger partial charge >= 0.3 is 0 Å². The molecule has 1 atom stereocenters. The standard InChI is InChI=1S/C18H17Cl2NO3S/c1-12-5-7-14(8-6-12)25(22,23)21-9-3-4-17(21)15-10-13(19)11-16(20)18(15)24-2/h3,5-11,17H,4H2,1-2H3. The van der Waals surface area contributed by atoms with Crippen molar-refractivity contribution in [2.45, 2.75) is 24.3 Å². The van der Waals surface area contributed by atoms with E-state index in [1.807, 2.05) is 13.0 Å². The molecular weight excluding hydrogens is 381 g/mol. The zero-order valence-electron chi connectivity index (χ0n) is 13.7. The average Bonchev–Trinajstić information content (AvgIpc) is 3.05. The highest BCUT2D eigenvalue weighted by Gasteiger charge is 2.34. The molecule has 7 heteroatoms. The molecule has 25 heavy (non-hydrogen) atoms. The normalized spacial score (nSPS) is 17.1. The van der Waals surface area contributed by atoms with Gasteiger partial charge in [-0.25, -0.2) is 8.42 Å². The van der Waals surface area contributed by atoms with E-state index in [1.54, 1.807) is 42.6 Å². The zero-order chi connectivity index (χ0) is 18.2. The van der Waals surface area contributed by atoms with Crippen molar-refractivity contribution in [2.24, 2.45) is 0 Å². The van der Waals surface area contributed by atoms with E-state index in [4.69, 9.17) is 27.9 Å². The number of hydrogen-bond donors (Lipinski definition) is 0. The largest absolute Gasteiger partial charge is 0.495 e. The molecule has 3 rings (SSSR count). The van der Waals surface area contributed by atoms with E-state index in [2.05, 4.69) is 0 Å². The van der Waals surface area contributed by atoms with Crippen LogP contribution in [0, 0.1) is 6.92 Å². The Morgan fingerprint density at radius 3 is 2.48 bits per heavy atom. The molecule has 0 aliphatic carbocycles. The third-order valence-corrected chi connectivity index (χ3v) is 6.41. The van der Waals surface area contributed by atoms with Crippen molar-refractivity contribution in [1.29, 1.82) is 0 Å². The predicted octanol–water partition coefficient (Wildman–Crippen LogP) is 4.96. The first-order valence-corrected chi connectivity index (χ1v) is 9.84. The van der Waals surface area contributed by atoms with E-state index in [9.17, 15) is 8.42 Å². The second-order valence-electron chi connectivity index (χ2n) is 5.79. The van der Waals surface area contributed by atoms with Crippen LogP contribution in [0.25, 0.3) is 0 Å². The lowest BCUT2D eigenvalue weighted by Gasteiger charge is -2.27. The van der Waals surface area contributed by atoms with Crippen molar-refractivity contribution in [2.75, 3.05) is 7.11 Å². The smallest absolute Gasteiger partial charge is 0.264 e. The number of methoxy groups -OCH3 is 1. The van der Waals surface area contributed by atoms with Crippen molar-refractivity contribution in [3.05, 3.63) is 69.8 Å². The number of sulfonamides is 1. The molecule has 1 heterocycles. The van der Waals surface area contributed by atoms with Crippen LogP contribution in [0.15, 0.2) is 53.6 Å². The van der Waals surface area contributed by atoms with Crippen LogP contribution in [0.5, 0.6) is 5.75 Å². The lowest BCUT2D eigenvalue weighted by molar-refractivity contribution is 0.383. The minimum absolute atomic E-state index is 0.238. The molecule has 0 amide bonds. The van der Waals surface area contributed by atoms with Crippen molar-refractivity contribution in [1.82, 2.24) is 4.31 Å². The molecule has 4 nitrogen and oxygen atoms in total. The van der Waals surface area contributed by atoms with Gasteiger partial charge in [-0.2, -0.15) is 0 Å². The second-order valence-corrected chi connectivity index (χ2v) is 8.48. The fraction of sp³-hybridized carbons (Fsp3) is 0.222. The van der Waals surface area contributed by atoms with Gasteiger partial charge in [0, 0.05) is 16.8 Å². The molecule has 0 saturated carbocycles. The highest BCUT2D eigenvalue weighted by molar-refractivity contribution is 7.89. The molecule has 0 bridgehead atoms. The number of ether oxygens (including phenoxy) is 1. The van der Waals surface area contributed by atoms with Crippen LogP contribution in [-0.4, -0.2) is 19.8 Å².